The molecule has 0 aliphatic rings. The Morgan fingerprint density at radius 2 is 2.33 bits per heavy atom. The minimum absolute atomic E-state index is 0.229. The number of rotatable bonds is 10. The smallest absolute Gasteiger partial charge is 0.116 e. The highest BCUT2D eigenvalue weighted by Crippen LogP contribution is 2.16. The van der Waals surface area contributed by atoms with E-state index in [1.165, 1.54) is 0 Å². The average molecular weight is 332 g/mol. The SMILES string of the molecule is CNC(=CN([O-])O)NCCSCc1csc(CN(C)C)n1. The van der Waals surface area contributed by atoms with Crippen molar-refractivity contribution < 1.29 is 5.21 Å². The molecule has 0 radical (unpaired) electrons. The minimum atomic E-state index is -0.229. The van der Waals surface area contributed by atoms with Crippen LogP contribution in [0.5, 0.6) is 0 Å². The molecule has 0 atom stereocenters. The number of aromatic nitrogens is 1. The minimum Gasteiger partial charge on any atom is -0.734 e. The summed E-state index contributed by atoms with van der Waals surface area (Å²) in [6.07, 6.45) is 1.04. The Morgan fingerprint density at radius 3 is 2.95 bits per heavy atom. The van der Waals surface area contributed by atoms with Crippen molar-refractivity contribution in [3.05, 3.63) is 33.3 Å². The van der Waals surface area contributed by atoms with E-state index in [4.69, 9.17) is 5.21 Å². The van der Waals surface area contributed by atoms with Crippen molar-refractivity contribution in [3.63, 3.8) is 0 Å². The van der Waals surface area contributed by atoms with E-state index in [9.17, 15) is 5.21 Å². The third kappa shape index (κ3) is 8.12. The highest BCUT2D eigenvalue weighted by Gasteiger charge is 2.03. The first-order chi connectivity index (χ1) is 10.0. The van der Waals surface area contributed by atoms with E-state index in [0.29, 0.717) is 12.4 Å². The van der Waals surface area contributed by atoms with Gasteiger partial charge < -0.3 is 26.0 Å². The Labute approximate surface area is 133 Å². The second-order valence-electron chi connectivity index (χ2n) is 4.55. The fourth-order valence-electron chi connectivity index (χ4n) is 1.50. The van der Waals surface area contributed by atoms with Gasteiger partial charge in [-0.3, -0.25) is 5.21 Å². The van der Waals surface area contributed by atoms with Crippen LogP contribution in [0.3, 0.4) is 0 Å². The summed E-state index contributed by atoms with van der Waals surface area (Å²) in [5.41, 5.74) is 1.10. The summed E-state index contributed by atoms with van der Waals surface area (Å²) >= 11 is 3.46. The van der Waals surface area contributed by atoms with Crippen molar-refractivity contribution in [2.24, 2.45) is 0 Å². The Kier molecular flexibility index (Phi) is 8.47. The van der Waals surface area contributed by atoms with Crippen molar-refractivity contribution in [2.75, 3.05) is 33.4 Å². The van der Waals surface area contributed by atoms with Crippen LogP contribution in [0.2, 0.25) is 0 Å². The Morgan fingerprint density at radius 1 is 1.57 bits per heavy atom. The summed E-state index contributed by atoms with van der Waals surface area (Å²) in [6.45, 7) is 1.57. The predicted molar refractivity (Wildman–Crippen MR) is 87.8 cm³/mol. The van der Waals surface area contributed by atoms with Crippen LogP contribution in [0, 0.1) is 5.21 Å². The Hall–Kier alpha value is -1.00. The lowest BCUT2D eigenvalue weighted by atomic mass is 10.5. The molecule has 0 amide bonds. The maximum Gasteiger partial charge on any atom is 0.116 e. The van der Waals surface area contributed by atoms with Gasteiger partial charge in [0.1, 0.15) is 10.8 Å². The van der Waals surface area contributed by atoms with Crippen molar-refractivity contribution >= 4 is 23.1 Å². The molecule has 0 aromatic carbocycles. The number of thioether (sulfide) groups is 1. The molecule has 0 fully saturated rings. The molecule has 0 saturated carbocycles. The van der Waals surface area contributed by atoms with Crippen LogP contribution in [0.25, 0.3) is 0 Å². The number of hydrogen-bond donors (Lipinski definition) is 3. The van der Waals surface area contributed by atoms with Crippen LogP contribution in [-0.4, -0.2) is 53.8 Å². The highest BCUT2D eigenvalue weighted by atomic mass is 32.2. The van der Waals surface area contributed by atoms with Crippen molar-refractivity contribution in [1.29, 1.82) is 0 Å². The maximum atomic E-state index is 10.5. The first-order valence-corrected chi connectivity index (χ1v) is 8.49. The van der Waals surface area contributed by atoms with E-state index in [2.05, 4.69) is 25.9 Å². The zero-order valence-corrected chi connectivity index (χ0v) is 14.1. The summed E-state index contributed by atoms with van der Waals surface area (Å²) in [7, 11) is 5.74. The van der Waals surface area contributed by atoms with Gasteiger partial charge in [0.25, 0.3) is 0 Å². The molecule has 1 rings (SSSR count). The Bertz CT molecular complexity index is 437. The topological polar surface area (TPSA) is 86.7 Å². The van der Waals surface area contributed by atoms with Gasteiger partial charge in [0.05, 0.1) is 11.9 Å². The van der Waals surface area contributed by atoms with Crippen LogP contribution >= 0.6 is 23.1 Å². The molecule has 0 aliphatic carbocycles. The van der Waals surface area contributed by atoms with Gasteiger partial charge in [-0.25, -0.2) is 4.98 Å². The lowest BCUT2D eigenvalue weighted by Gasteiger charge is -2.19. The molecule has 0 spiro atoms. The van der Waals surface area contributed by atoms with Gasteiger partial charge in [0.2, 0.25) is 0 Å². The zero-order valence-electron chi connectivity index (χ0n) is 12.5. The number of nitrogens with zero attached hydrogens (tertiary/aromatic N) is 3. The van der Waals surface area contributed by atoms with E-state index in [0.717, 1.165) is 35.0 Å². The molecule has 0 saturated heterocycles. The fraction of sp³-hybridized carbons (Fsp3) is 0.583. The Balaban J connectivity index is 2.20. The molecule has 1 aromatic rings. The van der Waals surface area contributed by atoms with Crippen molar-refractivity contribution in [2.45, 2.75) is 12.3 Å². The molecule has 21 heavy (non-hydrogen) atoms. The maximum absolute atomic E-state index is 10.5. The summed E-state index contributed by atoms with van der Waals surface area (Å²) in [5, 5.41) is 27.8. The summed E-state index contributed by atoms with van der Waals surface area (Å²) in [6, 6.07) is 0. The second kappa shape index (κ2) is 9.85. The summed E-state index contributed by atoms with van der Waals surface area (Å²) in [4.78, 5) is 6.67. The third-order valence-corrected chi connectivity index (χ3v) is 4.25. The summed E-state index contributed by atoms with van der Waals surface area (Å²) < 4.78 is 0. The van der Waals surface area contributed by atoms with E-state index >= 15 is 0 Å². The predicted octanol–water partition coefficient (Wildman–Crippen LogP) is 1.23. The van der Waals surface area contributed by atoms with Gasteiger partial charge in [-0.2, -0.15) is 11.8 Å². The number of thiazole rings is 1. The molecule has 7 nitrogen and oxygen atoms in total. The van der Waals surface area contributed by atoms with Gasteiger partial charge in [-0.05, 0) is 14.1 Å². The number of nitrogens with one attached hydrogen (secondary N) is 2. The monoisotopic (exact) mass is 332 g/mol. The first-order valence-electron chi connectivity index (χ1n) is 6.45. The highest BCUT2D eigenvalue weighted by molar-refractivity contribution is 7.98. The quantitative estimate of drug-likeness (QED) is 0.436. The molecule has 0 unspecified atom stereocenters. The number of hydrogen-bond acceptors (Lipinski definition) is 9. The van der Waals surface area contributed by atoms with Crippen LogP contribution in [-0.2, 0) is 12.3 Å². The molecule has 9 heteroatoms. The van der Waals surface area contributed by atoms with Crippen LogP contribution in [0.15, 0.2) is 17.4 Å². The molecular weight excluding hydrogens is 310 g/mol. The molecule has 3 N–H and O–H groups in total. The molecule has 120 valence electrons. The van der Waals surface area contributed by atoms with Gasteiger partial charge >= 0.3 is 0 Å². The van der Waals surface area contributed by atoms with E-state index < -0.39 is 0 Å². The van der Waals surface area contributed by atoms with Gasteiger partial charge in [-0.15, -0.1) is 11.3 Å². The zero-order chi connectivity index (χ0) is 15.7. The number of hydroxylamine groups is 2. The van der Waals surface area contributed by atoms with Crippen LogP contribution in [0.1, 0.15) is 10.7 Å². The normalized spacial score (nSPS) is 11.8. The largest absolute Gasteiger partial charge is 0.734 e. The van der Waals surface area contributed by atoms with Crippen LogP contribution < -0.4 is 10.6 Å². The van der Waals surface area contributed by atoms with Crippen molar-refractivity contribution in [3.8, 4) is 0 Å². The lowest BCUT2D eigenvalue weighted by Crippen LogP contribution is -2.27. The average Bonchev–Trinajstić information content (AvgIpc) is 2.83. The van der Waals surface area contributed by atoms with E-state index in [1.807, 2.05) is 14.1 Å². The molecular formula is C12H22N5O2S2-. The second-order valence-corrected chi connectivity index (χ2v) is 6.59. The van der Waals surface area contributed by atoms with Gasteiger partial charge in [0.15, 0.2) is 0 Å². The van der Waals surface area contributed by atoms with Gasteiger partial charge in [-0.1, -0.05) is 0 Å². The van der Waals surface area contributed by atoms with E-state index in [1.54, 1.807) is 30.1 Å². The van der Waals surface area contributed by atoms with Crippen molar-refractivity contribution in [1.82, 2.24) is 25.7 Å². The van der Waals surface area contributed by atoms with Crippen LogP contribution in [0.4, 0.5) is 0 Å². The molecule has 0 aliphatic heterocycles. The van der Waals surface area contributed by atoms with Gasteiger partial charge in [0, 0.05) is 37.0 Å². The molecule has 0 bridgehead atoms. The van der Waals surface area contributed by atoms with E-state index in [-0.39, 0.29) is 5.23 Å². The fourth-order valence-corrected chi connectivity index (χ4v) is 3.27. The molecule has 1 heterocycles. The first kappa shape index (κ1) is 18.1. The molecule has 1 aromatic heterocycles. The summed E-state index contributed by atoms with van der Waals surface area (Å²) in [5.74, 6) is 2.23. The third-order valence-electron chi connectivity index (χ3n) is 2.37. The lowest BCUT2D eigenvalue weighted by molar-refractivity contribution is 0.0101. The standard InChI is InChI=1S/C12H22N5O2S2/c1-13-11(6-17(18)19)14-4-5-20-8-10-9-21-12(15-10)7-16(2)3/h6,9,13-14,18H,4-5,7-8H2,1-3H3/q-1.